The quantitative estimate of drug-likeness (QED) is 0.514. The van der Waals surface area contributed by atoms with Crippen molar-refractivity contribution in [1.82, 2.24) is 24.7 Å². The molecule has 0 unspecified atom stereocenters. The van der Waals surface area contributed by atoms with Crippen LogP contribution in [0.1, 0.15) is 5.56 Å². The normalized spacial score (nSPS) is 10.9. The number of benzene rings is 2. The fraction of sp³-hybridized carbons (Fsp3) is 0. The summed E-state index contributed by atoms with van der Waals surface area (Å²) in [4.78, 5) is 12.4. The van der Waals surface area contributed by atoms with E-state index in [4.69, 9.17) is 0 Å². The van der Waals surface area contributed by atoms with Crippen molar-refractivity contribution in [2.45, 2.75) is 0 Å². The van der Waals surface area contributed by atoms with Crippen LogP contribution in [0.5, 0.6) is 0 Å². The summed E-state index contributed by atoms with van der Waals surface area (Å²) in [5.41, 5.74) is 3.02. The zero-order valence-electron chi connectivity index (χ0n) is 14.1. The summed E-state index contributed by atoms with van der Waals surface area (Å²) in [5, 5.41) is 18.0. The number of rotatable bonds is 3. The molecular formula is C20H13N7. The van der Waals surface area contributed by atoms with Gasteiger partial charge in [-0.2, -0.15) is 15.0 Å². The number of anilines is 2. The van der Waals surface area contributed by atoms with Crippen LogP contribution in [0.4, 0.5) is 11.8 Å². The largest absolute Gasteiger partial charge is 0.324 e. The summed E-state index contributed by atoms with van der Waals surface area (Å²) >= 11 is 0. The summed E-state index contributed by atoms with van der Waals surface area (Å²) in [5.74, 6) is 1.67. The van der Waals surface area contributed by atoms with E-state index in [-0.39, 0.29) is 0 Å². The van der Waals surface area contributed by atoms with Gasteiger partial charge in [0, 0.05) is 5.39 Å². The first-order valence-corrected chi connectivity index (χ1v) is 8.38. The second kappa shape index (κ2) is 5.97. The van der Waals surface area contributed by atoms with Crippen molar-refractivity contribution in [2.75, 3.05) is 5.32 Å². The minimum absolute atomic E-state index is 0.408. The highest BCUT2D eigenvalue weighted by atomic mass is 15.4. The van der Waals surface area contributed by atoms with Crippen LogP contribution in [0.25, 0.3) is 27.8 Å². The number of aromatic amines is 1. The Morgan fingerprint density at radius 1 is 0.926 bits per heavy atom. The third-order valence-corrected chi connectivity index (χ3v) is 4.32. The third-order valence-electron chi connectivity index (χ3n) is 4.32. The molecule has 0 bridgehead atoms. The highest BCUT2D eigenvalue weighted by Gasteiger charge is 2.15. The minimum atomic E-state index is 0.408. The van der Waals surface area contributed by atoms with Crippen molar-refractivity contribution in [1.29, 1.82) is 5.26 Å². The number of pyridine rings is 1. The number of para-hydroxylation sites is 3. The van der Waals surface area contributed by atoms with E-state index in [1.54, 1.807) is 4.68 Å². The number of nitriles is 1. The Labute approximate surface area is 153 Å². The molecule has 128 valence electrons. The van der Waals surface area contributed by atoms with E-state index in [1.165, 1.54) is 6.20 Å². The van der Waals surface area contributed by atoms with E-state index >= 15 is 0 Å². The van der Waals surface area contributed by atoms with Crippen molar-refractivity contribution in [2.24, 2.45) is 0 Å². The molecule has 0 aliphatic rings. The van der Waals surface area contributed by atoms with Gasteiger partial charge < -0.3 is 10.3 Å². The first kappa shape index (κ1) is 15.1. The number of nitrogens with one attached hydrogen (secondary N) is 2. The van der Waals surface area contributed by atoms with Gasteiger partial charge in [-0.05, 0) is 30.3 Å². The maximum absolute atomic E-state index is 9.47. The first-order valence-electron chi connectivity index (χ1n) is 8.38. The molecule has 3 heterocycles. The van der Waals surface area contributed by atoms with Crippen molar-refractivity contribution in [3.8, 4) is 11.9 Å². The topological polar surface area (TPSA) is 95.2 Å². The monoisotopic (exact) mass is 351 g/mol. The molecule has 0 radical (unpaired) electrons. The van der Waals surface area contributed by atoms with Crippen LogP contribution in [0.3, 0.4) is 0 Å². The van der Waals surface area contributed by atoms with Crippen LogP contribution >= 0.6 is 0 Å². The average molecular weight is 351 g/mol. The number of hydrogen-bond donors (Lipinski definition) is 2. The van der Waals surface area contributed by atoms with E-state index < -0.39 is 0 Å². The second-order valence-electron chi connectivity index (χ2n) is 6.02. The number of aromatic nitrogens is 5. The van der Waals surface area contributed by atoms with Crippen LogP contribution in [0, 0.1) is 11.3 Å². The Hall–Kier alpha value is -4.18. The standard InChI is InChI=1S/C20H13N7/c21-11-14-12-22-27(18-10-9-13-5-1-2-6-15(13)23-18)19(14)26-20-24-16-7-3-4-8-17(16)25-20/h1-10,12H,(H2,24,25,26). The zero-order valence-corrected chi connectivity index (χ0v) is 14.1. The fourth-order valence-corrected chi connectivity index (χ4v) is 3.02. The number of imidazole rings is 1. The van der Waals surface area contributed by atoms with Crippen molar-refractivity contribution in [3.05, 3.63) is 72.4 Å². The van der Waals surface area contributed by atoms with Gasteiger partial charge in [0.2, 0.25) is 5.95 Å². The van der Waals surface area contributed by atoms with Gasteiger partial charge in [-0.1, -0.05) is 30.3 Å². The Balaban J connectivity index is 1.61. The molecule has 27 heavy (non-hydrogen) atoms. The minimum Gasteiger partial charge on any atom is -0.324 e. The molecule has 0 saturated heterocycles. The number of hydrogen-bond acceptors (Lipinski definition) is 5. The van der Waals surface area contributed by atoms with Crippen LogP contribution in [-0.2, 0) is 0 Å². The summed E-state index contributed by atoms with van der Waals surface area (Å²) in [7, 11) is 0. The van der Waals surface area contributed by atoms with Gasteiger partial charge in [0.25, 0.3) is 0 Å². The predicted molar refractivity (Wildman–Crippen MR) is 103 cm³/mol. The molecule has 0 saturated carbocycles. The van der Waals surface area contributed by atoms with Gasteiger partial charge in [0.05, 0.1) is 22.7 Å². The smallest absolute Gasteiger partial charge is 0.206 e. The molecule has 2 aromatic carbocycles. The highest BCUT2D eigenvalue weighted by molar-refractivity contribution is 5.80. The van der Waals surface area contributed by atoms with Gasteiger partial charge in [-0.25, -0.2) is 9.97 Å². The predicted octanol–water partition coefficient (Wildman–Crippen LogP) is 3.91. The molecule has 7 nitrogen and oxygen atoms in total. The molecule has 3 aromatic heterocycles. The summed E-state index contributed by atoms with van der Waals surface area (Å²) in [6.07, 6.45) is 1.52. The van der Waals surface area contributed by atoms with E-state index in [9.17, 15) is 5.26 Å². The van der Waals surface area contributed by atoms with Gasteiger partial charge in [-0.15, -0.1) is 0 Å². The van der Waals surface area contributed by atoms with E-state index in [1.807, 2.05) is 60.7 Å². The van der Waals surface area contributed by atoms with Gasteiger partial charge in [0.15, 0.2) is 11.6 Å². The SMILES string of the molecule is N#Cc1cnn(-c2ccc3ccccc3n2)c1Nc1nc2ccccc2[nH]1. The van der Waals surface area contributed by atoms with Crippen molar-refractivity contribution >= 4 is 33.7 Å². The van der Waals surface area contributed by atoms with Gasteiger partial charge >= 0.3 is 0 Å². The Bertz CT molecular complexity index is 1290. The lowest BCUT2D eigenvalue weighted by atomic mass is 10.2. The van der Waals surface area contributed by atoms with E-state index in [0.717, 1.165) is 21.9 Å². The Morgan fingerprint density at radius 2 is 1.74 bits per heavy atom. The number of H-pyrrole nitrogens is 1. The molecule has 0 amide bonds. The molecule has 5 rings (SSSR count). The maximum atomic E-state index is 9.47. The third kappa shape index (κ3) is 2.56. The molecule has 0 fully saturated rings. The maximum Gasteiger partial charge on any atom is 0.206 e. The lowest BCUT2D eigenvalue weighted by Crippen LogP contribution is -2.06. The summed E-state index contributed by atoms with van der Waals surface area (Å²) in [6.45, 7) is 0. The van der Waals surface area contributed by atoms with Crippen LogP contribution in [0.2, 0.25) is 0 Å². The zero-order chi connectivity index (χ0) is 18.2. The fourth-order valence-electron chi connectivity index (χ4n) is 3.02. The second-order valence-corrected chi connectivity index (χ2v) is 6.02. The van der Waals surface area contributed by atoms with Crippen LogP contribution in [0.15, 0.2) is 66.9 Å². The molecule has 0 aliphatic carbocycles. The molecule has 0 atom stereocenters. The molecule has 2 N–H and O–H groups in total. The van der Waals surface area contributed by atoms with E-state index in [0.29, 0.717) is 23.1 Å². The Kier molecular flexibility index (Phi) is 3.34. The molecule has 5 aromatic rings. The number of fused-ring (bicyclic) bond motifs is 2. The summed E-state index contributed by atoms with van der Waals surface area (Å²) < 4.78 is 1.61. The molecule has 7 heteroatoms. The Morgan fingerprint density at radius 3 is 2.59 bits per heavy atom. The average Bonchev–Trinajstić information content (AvgIpc) is 3.31. The van der Waals surface area contributed by atoms with Crippen molar-refractivity contribution in [3.63, 3.8) is 0 Å². The number of nitrogens with zero attached hydrogens (tertiary/aromatic N) is 5. The molecular weight excluding hydrogens is 338 g/mol. The van der Waals surface area contributed by atoms with E-state index in [2.05, 4.69) is 31.4 Å². The highest BCUT2D eigenvalue weighted by Crippen LogP contribution is 2.24. The van der Waals surface area contributed by atoms with Gasteiger partial charge in [0.1, 0.15) is 11.6 Å². The molecule has 0 aliphatic heterocycles. The lowest BCUT2D eigenvalue weighted by Gasteiger charge is -2.08. The van der Waals surface area contributed by atoms with Crippen LogP contribution in [-0.4, -0.2) is 24.7 Å². The molecule has 0 spiro atoms. The first-order chi connectivity index (χ1) is 13.3. The lowest BCUT2D eigenvalue weighted by molar-refractivity contribution is 0.858. The van der Waals surface area contributed by atoms with Crippen molar-refractivity contribution < 1.29 is 0 Å². The van der Waals surface area contributed by atoms with Gasteiger partial charge in [-0.3, -0.25) is 0 Å². The summed E-state index contributed by atoms with van der Waals surface area (Å²) in [6, 6.07) is 21.6. The van der Waals surface area contributed by atoms with Crippen LogP contribution < -0.4 is 5.32 Å².